The van der Waals surface area contributed by atoms with E-state index in [1.807, 2.05) is 6.92 Å². The first-order valence-electron chi connectivity index (χ1n) is 13.5. The van der Waals surface area contributed by atoms with E-state index in [-0.39, 0.29) is 48.0 Å². The molecule has 0 aromatic carbocycles. The highest BCUT2D eigenvalue weighted by Crippen LogP contribution is 2.69. The van der Waals surface area contributed by atoms with Crippen molar-refractivity contribution in [2.24, 2.45) is 46.3 Å². The second-order valence-corrected chi connectivity index (χ2v) is 13.1. The first-order chi connectivity index (χ1) is 15.4. The van der Waals surface area contributed by atoms with Crippen LogP contribution >= 0.6 is 0 Å². The molecule has 4 fully saturated rings. The molecule has 0 heterocycles. The molecule has 0 saturated heterocycles. The van der Waals surface area contributed by atoms with Gasteiger partial charge >= 0.3 is 0 Å². The lowest BCUT2D eigenvalue weighted by molar-refractivity contribution is -0.264. The normalized spacial score (nSPS) is 53.6. The summed E-state index contributed by atoms with van der Waals surface area (Å²) in [7, 11) is 0. The Kier molecular flexibility index (Phi) is 7.05. The van der Waals surface area contributed by atoms with Crippen LogP contribution in [-0.4, -0.2) is 67.3 Å². The van der Waals surface area contributed by atoms with Gasteiger partial charge in [0.25, 0.3) is 0 Å². The van der Waals surface area contributed by atoms with E-state index in [0.717, 1.165) is 38.5 Å². The fourth-order valence-corrected chi connectivity index (χ4v) is 9.57. The molecule has 6 heteroatoms. The SMILES string of the molecule is CC(CO)CCCC(C)C1C(O)C(O)C2C1(C)CCC1C3(C)CCC(O)CC3C(O)CC12O. The highest BCUT2D eigenvalue weighted by molar-refractivity contribution is 5.21. The molecule has 13 unspecified atom stereocenters. The Hall–Kier alpha value is -0.240. The Morgan fingerprint density at radius 1 is 0.909 bits per heavy atom. The predicted octanol–water partition coefficient (Wildman–Crippen LogP) is 2.47. The van der Waals surface area contributed by atoms with Gasteiger partial charge in [-0.1, -0.05) is 40.5 Å². The Morgan fingerprint density at radius 2 is 1.58 bits per heavy atom. The third-order valence-corrected chi connectivity index (χ3v) is 11.1. The fourth-order valence-electron chi connectivity index (χ4n) is 9.57. The second kappa shape index (κ2) is 9.01. The van der Waals surface area contributed by atoms with E-state index < -0.39 is 41.3 Å². The summed E-state index contributed by atoms with van der Waals surface area (Å²) in [4.78, 5) is 0. The van der Waals surface area contributed by atoms with E-state index in [1.54, 1.807) is 0 Å². The summed E-state index contributed by atoms with van der Waals surface area (Å²) in [5, 5.41) is 65.7. The minimum atomic E-state index is -1.22. The molecule has 6 nitrogen and oxygen atoms in total. The molecule has 0 spiro atoms. The van der Waals surface area contributed by atoms with Gasteiger partial charge in [-0.2, -0.15) is 0 Å². The van der Waals surface area contributed by atoms with Gasteiger partial charge in [0.2, 0.25) is 0 Å². The van der Waals surface area contributed by atoms with E-state index in [0.29, 0.717) is 12.8 Å². The summed E-state index contributed by atoms with van der Waals surface area (Å²) in [6, 6.07) is 0. The van der Waals surface area contributed by atoms with Crippen LogP contribution in [-0.2, 0) is 0 Å². The van der Waals surface area contributed by atoms with Crippen molar-refractivity contribution in [2.75, 3.05) is 6.61 Å². The molecule has 0 aromatic rings. The van der Waals surface area contributed by atoms with Crippen molar-refractivity contribution in [1.82, 2.24) is 0 Å². The van der Waals surface area contributed by atoms with Crippen molar-refractivity contribution in [3.8, 4) is 0 Å². The van der Waals surface area contributed by atoms with Crippen LogP contribution in [0.25, 0.3) is 0 Å². The maximum absolute atomic E-state index is 12.3. The van der Waals surface area contributed by atoms with Gasteiger partial charge in [-0.15, -0.1) is 0 Å². The summed E-state index contributed by atoms with van der Waals surface area (Å²) in [5.41, 5.74) is -1.90. The Labute approximate surface area is 199 Å². The molecule has 6 N–H and O–H groups in total. The van der Waals surface area contributed by atoms with Crippen LogP contribution in [0.3, 0.4) is 0 Å². The molecule has 0 bridgehead atoms. The Balaban J connectivity index is 1.61. The molecule has 0 radical (unpaired) electrons. The standard InChI is InChI=1S/C27H48O6/c1-15(14-28)6-5-7-16(2)21-22(31)23(32)24-26(21,4)11-9-20-25(3)10-8-17(29)12-18(25)19(30)13-27(20,24)33/h15-24,28-33H,5-14H2,1-4H3. The van der Waals surface area contributed by atoms with E-state index in [1.165, 1.54) is 0 Å². The van der Waals surface area contributed by atoms with E-state index >= 15 is 0 Å². The minimum Gasteiger partial charge on any atom is -0.396 e. The van der Waals surface area contributed by atoms with Crippen molar-refractivity contribution in [1.29, 1.82) is 0 Å². The summed E-state index contributed by atoms with van der Waals surface area (Å²) in [5.74, 6) is -0.211. The molecular formula is C27H48O6. The van der Waals surface area contributed by atoms with Gasteiger partial charge in [-0.3, -0.25) is 0 Å². The number of fused-ring (bicyclic) bond motifs is 5. The zero-order valence-electron chi connectivity index (χ0n) is 21.0. The summed E-state index contributed by atoms with van der Waals surface area (Å²) in [6.07, 6.45) is 3.75. The number of hydrogen-bond donors (Lipinski definition) is 6. The second-order valence-electron chi connectivity index (χ2n) is 13.1. The van der Waals surface area contributed by atoms with Crippen molar-refractivity contribution in [3.63, 3.8) is 0 Å². The zero-order chi connectivity index (χ0) is 24.3. The van der Waals surface area contributed by atoms with Crippen molar-refractivity contribution < 1.29 is 30.6 Å². The summed E-state index contributed by atoms with van der Waals surface area (Å²) >= 11 is 0. The first kappa shape index (κ1) is 25.8. The fraction of sp³-hybridized carbons (Fsp3) is 1.00. The van der Waals surface area contributed by atoms with Crippen LogP contribution in [0.5, 0.6) is 0 Å². The van der Waals surface area contributed by atoms with E-state index in [2.05, 4.69) is 20.8 Å². The van der Waals surface area contributed by atoms with Crippen LogP contribution in [0.15, 0.2) is 0 Å². The highest BCUT2D eigenvalue weighted by Gasteiger charge is 2.72. The molecule has 13 atom stereocenters. The third-order valence-electron chi connectivity index (χ3n) is 11.1. The Bertz CT molecular complexity index is 702. The predicted molar refractivity (Wildman–Crippen MR) is 126 cm³/mol. The quantitative estimate of drug-likeness (QED) is 0.356. The van der Waals surface area contributed by atoms with Gasteiger partial charge in [0.15, 0.2) is 0 Å². The van der Waals surface area contributed by atoms with Crippen LogP contribution in [0.2, 0.25) is 0 Å². The van der Waals surface area contributed by atoms with Gasteiger partial charge in [0.1, 0.15) is 0 Å². The first-order valence-corrected chi connectivity index (χ1v) is 13.5. The Morgan fingerprint density at radius 3 is 2.24 bits per heavy atom. The van der Waals surface area contributed by atoms with Gasteiger partial charge in [-0.25, -0.2) is 0 Å². The molecule has 0 aliphatic heterocycles. The van der Waals surface area contributed by atoms with Crippen molar-refractivity contribution in [2.45, 2.75) is 115 Å². The maximum Gasteiger partial charge on any atom is 0.0863 e. The average molecular weight is 469 g/mol. The minimum absolute atomic E-state index is 0.0393. The van der Waals surface area contributed by atoms with Gasteiger partial charge in [0, 0.05) is 18.9 Å². The monoisotopic (exact) mass is 468 g/mol. The smallest absolute Gasteiger partial charge is 0.0863 e. The molecule has 4 aliphatic rings. The van der Waals surface area contributed by atoms with E-state index in [4.69, 9.17) is 0 Å². The van der Waals surface area contributed by atoms with Crippen molar-refractivity contribution in [3.05, 3.63) is 0 Å². The van der Waals surface area contributed by atoms with E-state index in [9.17, 15) is 30.6 Å². The largest absolute Gasteiger partial charge is 0.396 e. The molecule has 4 saturated carbocycles. The number of aliphatic hydroxyl groups excluding tert-OH is 5. The lowest BCUT2D eigenvalue weighted by Gasteiger charge is -2.65. The number of hydrogen-bond acceptors (Lipinski definition) is 6. The van der Waals surface area contributed by atoms with Gasteiger partial charge in [0.05, 0.1) is 30.0 Å². The van der Waals surface area contributed by atoms with Gasteiger partial charge < -0.3 is 30.6 Å². The summed E-state index contributed by atoms with van der Waals surface area (Å²) in [6.45, 7) is 8.70. The lowest BCUT2D eigenvalue weighted by atomic mass is 9.42. The summed E-state index contributed by atoms with van der Waals surface area (Å²) < 4.78 is 0. The van der Waals surface area contributed by atoms with Crippen LogP contribution in [0.1, 0.15) is 85.5 Å². The van der Waals surface area contributed by atoms with Crippen LogP contribution in [0, 0.1) is 46.3 Å². The lowest BCUT2D eigenvalue weighted by Crippen LogP contribution is -2.68. The van der Waals surface area contributed by atoms with Crippen LogP contribution < -0.4 is 0 Å². The molecule has 4 aliphatic carbocycles. The number of rotatable bonds is 6. The molecule has 192 valence electrons. The number of aliphatic hydroxyl groups is 6. The van der Waals surface area contributed by atoms with Crippen LogP contribution in [0.4, 0.5) is 0 Å². The topological polar surface area (TPSA) is 121 Å². The molecule has 0 amide bonds. The molecular weight excluding hydrogens is 420 g/mol. The molecule has 33 heavy (non-hydrogen) atoms. The molecule has 0 aromatic heterocycles. The highest BCUT2D eigenvalue weighted by atomic mass is 16.3. The average Bonchev–Trinajstić information content (AvgIpc) is 2.95. The molecule has 4 rings (SSSR count). The van der Waals surface area contributed by atoms with Crippen molar-refractivity contribution >= 4 is 0 Å². The zero-order valence-corrected chi connectivity index (χ0v) is 21.0. The third kappa shape index (κ3) is 3.92. The van der Waals surface area contributed by atoms with Gasteiger partial charge in [-0.05, 0) is 78.9 Å². The maximum atomic E-state index is 12.3.